The quantitative estimate of drug-likeness (QED) is 0.786. The minimum atomic E-state index is -3.43. The van der Waals surface area contributed by atoms with E-state index in [-0.39, 0.29) is 10.8 Å². The molecule has 3 rings (SSSR count). The molecule has 0 unspecified atom stereocenters. The summed E-state index contributed by atoms with van der Waals surface area (Å²) in [6.45, 7) is 0.376. The van der Waals surface area contributed by atoms with Crippen LogP contribution in [-0.2, 0) is 29.4 Å². The third-order valence-electron chi connectivity index (χ3n) is 4.43. The maximum Gasteiger partial charge on any atom is 0.261 e. The molecule has 1 heterocycles. The van der Waals surface area contributed by atoms with Crippen LogP contribution in [0, 0.1) is 0 Å². The van der Waals surface area contributed by atoms with Gasteiger partial charge in [-0.2, -0.15) is 0 Å². The molecule has 0 saturated heterocycles. The minimum Gasteiger partial charge on any atom is -0.347 e. The summed E-state index contributed by atoms with van der Waals surface area (Å²) in [5.74, 6) is -0.0648. The molecule has 2 aromatic rings. The van der Waals surface area contributed by atoms with Crippen molar-refractivity contribution in [3.8, 4) is 0 Å². The number of carbonyl (C=O) groups excluding carboxylic acids is 1. The fourth-order valence-corrected chi connectivity index (χ4v) is 4.85. The lowest BCUT2D eigenvalue weighted by Gasteiger charge is -2.06. The first kappa shape index (κ1) is 18.1. The van der Waals surface area contributed by atoms with Crippen molar-refractivity contribution in [3.05, 3.63) is 51.2 Å². The summed E-state index contributed by atoms with van der Waals surface area (Å²) in [6.07, 6.45) is 5.82. The summed E-state index contributed by atoms with van der Waals surface area (Å²) in [5, 5.41) is 2.92. The van der Waals surface area contributed by atoms with E-state index < -0.39 is 10.0 Å². The fraction of sp³-hybridized carbons (Fsp3) is 0.389. The summed E-state index contributed by atoms with van der Waals surface area (Å²) < 4.78 is 25.7. The number of hydrogen-bond acceptors (Lipinski definition) is 4. The number of aryl methyl sites for hydroxylation is 2. The minimum absolute atomic E-state index is 0.0648. The van der Waals surface area contributed by atoms with Gasteiger partial charge in [0.15, 0.2) is 0 Å². The molecule has 1 amide bonds. The summed E-state index contributed by atoms with van der Waals surface area (Å²) in [6, 6.07) is 8.55. The molecule has 1 aromatic carbocycles. The largest absolute Gasteiger partial charge is 0.347 e. The molecule has 1 aliphatic carbocycles. The van der Waals surface area contributed by atoms with Crippen molar-refractivity contribution >= 4 is 27.3 Å². The molecule has 1 aliphatic rings. The zero-order chi connectivity index (χ0) is 17.9. The van der Waals surface area contributed by atoms with Crippen LogP contribution in [0.1, 0.15) is 44.9 Å². The molecular weight excluding hydrogens is 356 g/mol. The molecule has 0 fully saturated rings. The number of hydrogen-bond donors (Lipinski definition) is 2. The Morgan fingerprint density at radius 2 is 1.84 bits per heavy atom. The molecule has 0 saturated carbocycles. The smallest absolute Gasteiger partial charge is 0.261 e. The van der Waals surface area contributed by atoms with E-state index in [9.17, 15) is 13.2 Å². The van der Waals surface area contributed by atoms with Crippen molar-refractivity contribution < 1.29 is 13.2 Å². The van der Waals surface area contributed by atoms with Crippen molar-refractivity contribution in [1.29, 1.82) is 0 Å². The van der Waals surface area contributed by atoms with E-state index in [1.807, 2.05) is 6.07 Å². The van der Waals surface area contributed by atoms with Gasteiger partial charge in [0.1, 0.15) is 0 Å². The molecule has 5 nitrogen and oxygen atoms in total. The molecule has 0 aliphatic heterocycles. The van der Waals surface area contributed by atoms with Crippen LogP contribution in [0.5, 0.6) is 0 Å². The Morgan fingerprint density at radius 3 is 2.56 bits per heavy atom. The van der Waals surface area contributed by atoms with Crippen LogP contribution in [0.3, 0.4) is 0 Å². The average molecular weight is 379 g/mol. The lowest BCUT2D eigenvalue weighted by Crippen LogP contribution is -2.22. The first-order valence-corrected chi connectivity index (χ1v) is 10.7. The van der Waals surface area contributed by atoms with Crippen LogP contribution in [0.15, 0.2) is 35.2 Å². The van der Waals surface area contributed by atoms with E-state index in [0.29, 0.717) is 6.54 Å². The second kappa shape index (κ2) is 7.68. The molecule has 0 radical (unpaired) electrons. The number of amides is 1. The van der Waals surface area contributed by atoms with Crippen molar-refractivity contribution in [2.75, 3.05) is 7.05 Å². The van der Waals surface area contributed by atoms with Gasteiger partial charge < -0.3 is 5.32 Å². The number of carbonyl (C=O) groups is 1. The van der Waals surface area contributed by atoms with E-state index in [1.165, 1.54) is 36.8 Å². The van der Waals surface area contributed by atoms with Crippen LogP contribution >= 0.6 is 11.3 Å². The van der Waals surface area contributed by atoms with Crippen LogP contribution < -0.4 is 10.0 Å². The van der Waals surface area contributed by atoms with Gasteiger partial charge in [0.05, 0.1) is 9.77 Å². The van der Waals surface area contributed by atoms with Gasteiger partial charge in [0.25, 0.3) is 5.91 Å². The van der Waals surface area contributed by atoms with E-state index >= 15 is 0 Å². The number of rotatable bonds is 5. The predicted molar refractivity (Wildman–Crippen MR) is 99.4 cm³/mol. The van der Waals surface area contributed by atoms with Gasteiger partial charge in [-0.3, -0.25) is 4.79 Å². The highest BCUT2D eigenvalue weighted by molar-refractivity contribution is 7.89. The zero-order valence-corrected chi connectivity index (χ0v) is 15.8. The third-order valence-corrected chi connectivity index (χ3v) is 7.09. The molecule has 1 aromatic heterocycles. The number of nitrogens with one attached hydrogen (secondary N) is 2. The molecule has 25 heavy (non-hydrogen) atoms. The Labute approximate surface area is 152 Å². The Balaban J connectivity index is 1.63. The van der Waals surface area contributed by atoms with Gasteiger partial charge in [-0.1, -0.05) is 18.6 Å². The highest BCUT2D eigenvalue weighted by Gasteiger charge is 2.16. The molecular formula is C18H22N2O3S2. The van der Waals surface area contributed by atoms with E-state index in [4.69, 9.17) is 0 Å². The molecule has 134 valence electrons. The highest BCUT2D eigenvalue weighted by Crippen LogP contribution is 2.29. The third kappa shape index (κ3) is 4.29. The SMILES string of the molecule is CNS(=O)(=O)c1ccc(CNC(=O)c2cc3c(s2)CCCCC3)cc1. The molecule has 0 bridgehead atoms. The molecule has 2 N–H and O–H groups in total. The van der Waals surface area contributed by atoms with Crippen molar-refractivity contribution in [2.45, 2.75) is 43.5 Å². The molecule has 0 atom stereocenters. The average Bonchev–Trinajstić information content (AvgIpc) is 2.91. The highest BCUT2D eigenvalue weighted by atomic mass is 32.2. The lowest BCUT2D eigenvalue weighted by atomic mass is 10.1. The molecule has 7 heteroatoms. The normalized spacial score (nSPS) is 14.6. The van der Waals surface area contributed by atoms with E-state index in [0.717, 1.165) is 23.3 Å². The van der Waals surface area contributed by atoms with E-state index in [2.05, 4.69) is 10.0 Å². The standard InChI is InChI=1S/C18H22N2O3S2/c1-19-25(22,23)15-9-7-13(8-10-15)12-20-18(21)17-11-14-5-3-2-4-6-16(14)24-17/h7-11,19H,2-6,12H2,1H3,(H,20,21). The van der Waals surface area contributed by atoms with Gasteiger partial charge in [-0.25, -0.2) is 13.1 Å². The zero-order valence-electron chi connectivity index (χ0n) is 14.2. The number of thiophene rings is 1. The summed E-state index contributed by atoms with van der Waals surface area (Å²) >= 11 is 1.60. The predicted octanol–water partition coefficient (Wildman–Crippen LogP) is 2.86. The number of fused-ring (bicyclic) bond motifs is 1. The van der Waals surface area contributed by atoms with E-state index in [1.54, 1.807) is 35.6 Å². The Bertz CT molecular complexity index is 831. The van der Waals surface area contributed by atoms with Crippen molar-refractivity contribution in [1.82, 2.24) is 10.0 Å². The fourth-order valence-electron chi connectivity index (χ4n) is 2.95. The van der Waals surface area contributed by atoms with Gasteiger partial charge in [0, 0.05) is 11.4 Å². The summed E-state index contributed by atoms with van der Waals surface area (Å²) in [4.78, 5) is 14.7. The van der Waals surface area contributed by atoms with Gasteiger partial charge >= 0.3 is 0 Å². The Hall–Kier alpha value is -1.70. The topological polar surface area (TPSA) is 75.3 Å². The van der Waals surface area contributed by atoms with Crippen molar-refractivity contribution in [3.63, 3.8) is 0 Å². The first-order valence-electron chi connectivity index (χ1n) is 8.42. The number of benzene rings is 1. The summed E-state index contributed by atoms with van der Waals surface area (Å²) in [7, 11) is -2.05. The summed E-state index contributed by atoms with van der Waals surface area (Å²) in [5.41, 5.74) is 2.19. The second-order valence-corrected chi connectivity index (χ2v) is 9.18. The van der Waals surface area contributed by atoms with Gasteiger partial charge in [-0.15, -0.1) is 11.3 Å². The second-order valence-electron chi connectivity index (χ2n) is 6.15. The maximum absolute atomic E-state index is 12.4. The first-order chi connectivity index (χ1) is 12.0. The Kier molecular flexibility index (Phi) is 5.56. The lowest BCUT2D eigenvalue weighted by molar-refractivity contribution is 0.0955. The molecule has 0 spiro atoms. The van der Waals surface area contributed by atoms with Gasteiger partial charge in [-0.05, 0) is 62.1 Å². The maximum atomic E-state index is 12.4. The van der Waals surface area contributed by atoms with Crippen LogP contribution in [0.25, 0.3) is 0 Å². The van der Waals surface area contributed by atoms with Crippen LogP contribution in [0.4, 0.5) is 0 Å². The Morgan fingerprint density at radius 1 is 1.12 bits per heavy atom. The monoisotopic (exact) mass is 378 g/mol. The van der Waals surface area contributed by atoms with Crippen molar-refractivity contribution in [2.24, 2.45) is 0 Å². The van der Waals surface area contributed by atoms with Crippen LogP contribution in [-0.4, -0.2) is 21.4 Å². The van der Waals surface area contributed by atoms with Crippen LogP contribution in [0.2, 0.25) is 0 Å². The van der Waals surface area contributed by atoms with Gasteiger partial charge in [0.2, 0.25) is 10.0 Å². The number of sulfonamides is 1.